The van der Waals surface area contributed by atoms with Gasteiger partial charge in [0.05, 0.1) is 19.3 Å². The average Bonchev–Trinajstić information content (AvgIpc) is 3.69. The van der Waals surface area contributed by atoms with Gasteiger partial charge < -0.3 is 44.9 Å². The van der Waals surface area contributed by atoms with Crippen molar-refractivity contribution in [2.75, 3.05) is 12.3 Å². The molecule has 224 valence electrons. The van der Waals surface area contributed by atoms with Crippen LogP contribution >= 0.6 is 6.72 Å². The van der Waals surface area contributed by atoms with Crippen LogP contribution in [0, 0.1) is 0 Å². The summed E-state index contributed by atoms with van der Waals surface area (Å²) in [6.07, 6.45) is -7.09. The number of anilines is 1. The van der Waals surface area contributed by atoms with Gasteiger partial charge in [0, 0.05) is 11.8 Å². The van der Waals surface area contributed by atoms with E-state index in [1.54, 1.807) is 0 Å². The third-order valence-electron chi connectivity index (χ3n) is 6.54. The molecule has 2 fully saturated rings. The van der Waals surface area contributed by atoms with E-state index in [0.29, 0.717) is 6.26 Å². The van der Waals surface area contributed by atoms with Crippen molar-refractivity contribution in [3.8, 4) is 0 Å². The fraction of sp³-hybridized carbons (Fsp3) is 0.400. The zero-order valence-electron chi connectivity index (χ0n) is 20.8. The molecule has 0 saturated carbocycles. The van der Waals surface area contributed by atoms with Crippen molar-refractivity contribution in [2.24, 2.45) is 0 Å². The molecule has 19 nitrogen and oxygen atoms in total. The van der Waals surface area contributed by atoms with E-state index in [1.807, 2.05) is 0 Å². The summed E-state index contributed by atoms with van der Waals surface area (Å²) in [5, 5.41) is 30.8. The van der Waals surface area contributed by atoms with Gasteiger partial charge in [-0.05, 0) is 0 Å². The van der Waals surface area contributed by atoms with Crippen LogP contribution in [0.3, 0.4) is 0 Å². The average molecular weight is 629 g/mol. The molecule has 0 aliphatic carbocycles. The first-order valence-electron chi connectivity index (χ1n) is 11.9. The number of nitrogens with one attached hydrogen (secondary N) is 2. The van der Waals surface area contributed by atoms with Gasteiger partial charge in [0.1, 0.15) is 30.9 Å². The van der Waals surface area contributed by atoms with Crippen molar-refractivity contribution in [3.63, 3.8) is 0 Å². The second-order valence-corrected chi connectivity index (χ2v) is 11.9. The molecular formula is C20H21FN9O10PS. The highest BCUT2D eigenvalue weighted by atomic mass is 32.5. The number of ether oxygens (including phenoxy) is 2. The van der Waals surface area contributed by atoms with E-state index in [1.165, 1.54) is 4.57 Å². The van der Waals surface area contributed by atoms with E-state index in [4.69, 9.17) is 36.1 Å². The lowest BCUT2D eigenvalue weighted by Crippen LogP contribution is -2.35. The maximum absolute atomic E-state index is 15.0. The number of aromatic nitrogens is 8. The van der Waals surface area contributed by atoms with Crippen LogP contribution < -0.4 is 16.9 Å². The van der Waals surface area contributed by atoms with Crippen LogP contribution in [0.1, 0.15) is 12.5 Å². The predicted octanol–water partition coefficient (Wildman–Crippen LogP) is -2.23. The Labute approximate surface area is 236 Å². The third kappa shape index (κ3) is 4.74. The molecule has 4 aromatic rings. The van der Waals surface area contributed by atoms with Gasteiger partial charge in [0.25, 0.3) is 11.1 Å². The summed E-state index contributed by atoms with van der Waals surface area (Å²) < 4.78 is 39.1. The Hall–Kier alpha value is -3.82. The molecule has 42 heavy (non-hydrogen) atoms. The first-order chi connectivity index (χ1) is 20.0. The summed E-state index contributed by atoms with van der Waals surface area (Å²) in [5.74, 6) is -0.726. The monoisotopic (exact) mass is 629 g/mol. The Kier molecular flexibility index (Phi) is 7.06. The summed E-state index contributed by atoms with van der Waals surface area (Å²) in [4.78, 5) is 55.3. The lowest BCUT2D eigenvalue weighted by atomic mass is 10.1. The number of rotatable bonds is 7. The fourth-order valence-corrected chi connectivity index (χ4v) is 5.83. The third-order valence-corrected chi connectivity index (χ3v) is 7.93. The van der Waals surface area contributed by atoms with Crippen LogP contribution in [0.4, 0.5) is 10.3 Å². The topological polar surface area (TPSA) is 271 Å². The molecule has 0 bridgehead atoms. The Morgan fingerprint density at radius 2 is 1.83 bits per heavy atom. The number of aliphatic hydroxyl groups is 3. The number of alkyl halides is 1. The zero-order valence-corrected chi connectivity index (χ0v) is 22.5. The zero-order chi connectivity index (χ0) is 29.9. The van der Waals surface area contributed by atoms with E-state index in [-0.39, 0.29) is 28.3 Å². The number of aliphatic hydroxyl groups excluding tert-OH is 3. The number of aromatic amines is 2. The highest BCUT2D eigenvalue weighted by molar-refractivity contribution is 8.07. The van der Waals surface area contributed by atoms with Crippen molar-refractivity contribution < 1.29 is 43.1 Å². The molecular weight excluding hydrogens is 608 g/mol. The standard InChI is InChI=1S/C20H21FN9O10PS/c21-8-11(32)7(39-18(8)29-4-25-9-14(29)23-3-24-16(9)34)2-37-41(36,42)40-13-12(33)6(1-31)38-19(13)30-5-26-10-15(30)27-20(22)28-17(10)35/h2-6,8,11-13,18-19,31-33H,1H2,(H,36,42)(H,23,24,34)(H3,22,27,28,35)/b7-2+/t6-,8+,11-,12-,13-,18-,19-,41?/m1/s1. The molecule has 0 amide bonds. The Morgan fingerprint density at radius 3 is 2.55 bits per heavy atom. The second kappa shape index (κ2) is 10.5. The van der Waals surface area contributed by atoms with Crippen LogP contribution in [0.2, 0.25) is 0 Å². The Morgan fingerprint density at radius 1 is 1.14 bits per heavy atom. The van der Waals surface area contributed by atoms with Gasteiger partial charge in [-0.3, -0.25) is 28.2 Å². The smallest absolute Gasteiger partial charge is 0.377 e. The number of fused-ring (bicyclic) bond motifs is 2. The Balaban J connectivity index is 1.24. The molecule has 0 radical (unpaired) electrons. The van der Waals surface area contributed by atoms with E-state index >= 15 is 4.39 Å². The first-order valence-corrected chi connectivity index (χ1v) is 14.5. The van der Waals surface area contributed by atoms with Gasteiger partial charge >= 0.3 is 6.72 Å². The number of hydrogen-bond donors (Lipinski definition) is 7. The van der Waals surface area contributed by atoms with E-state index in [0.717, 1.165) is 23.5 Å². The first kappa shape index (κ1) is 28.3. The van der Waals surface area contributed by atoms with Gasteiger partial charge in [0.15, 0.2) is 46.6 Å². The van der Waals surface area contributed by atoms with Gasteiger partial charge in [0.2, 0.25) is 12.2 Å². The lowest BCUT2D eigenvalue weighted by molar-refractivity contribution is -0.0495. The van der Waals surface area contributed by atoms with Crippen molar-refractivity contribution >= 4 is 46.8 Å². The fourth-order valence-electron chi connectivity index (χ4n) is 4.58. The molecule has 6 heterocycles. The highest BCUT2D eigenvalue weighted by Crippen LogP contribution is 2.50. The molecule has 8 N–H and O–H groups in total. The molecule has 0 aromatic carbocycles. The highest BCUT2D eigenvalue weighted by Gasteiger charge is 2.49. The number of H-pyrrole nitrogens is 2. The summed E-state index contributed by atoms with van der Waals surface area (Å²) >= 11 is 5.06. The minimum atomic E-state index is -4.36. The van der Waals surface area contributed by atoms with Crippen LogP contribution in [0.25, 0.3) is 22.3 Å². The van der Waals surface area contributed by atoms with Crippen LogP contribution in [0.5, 0.6) is 0 Å². The molecule has 6 rings (SSSR count). The summed E-state index contributed by atoms with van der Waals surface area (Å²) in [6.45, 7) is -5.03. The molecule has 22 heteroatoms. The summed E-state index contributed by atoms with van der Waals surface area (Å²) in [5.41, 5.74) is 4.14. The second-order valence-electron chi connectivity index (χ2n) is 9.13. The largest absolute Gasteiger partial charge is 0.465 e. The lowest BCUT2D eigenvalue weighted by Gasteiger charge is -2.25. The van der Waals surface area contributed by atoms with Crippen LogP contribution in [-0.4, -0.2) is 96.4 Å². The number of nitrogen functional groups attached to an aromatic ring is 1. The molecule has 2 aliphatic heterocycles. The van der Waals surface area contributed by atoms with Crippen molar-refractivity contribution in [3.05, 3.63) is 51.7 Å². The number of hydrogen-bond acceptors (Lipinski definition) is 15. The molecule has 2 saturated heterocycles. The van der Waals surface area contributed by atoms with Crippen molar-refractivity contribution in [1.29, 1.82) is 0 Å². The molecule has 2 aliphatic rings. The maximum atomic E-state index is 15.0. The molecule has 8 atom stereocenters. The Bertz CT molecular complexity index is 1860. The van der Waals surface area contributed by atoms with Crippen molar-refractivity contribution in [1.82, 2.24) is 39.0 Å². The summed E-state index contributed by atoms with van der Waals surface area (Å²) in [7, 11) is 0. The minimum absolute atomic E-state index is 0.0126. The number of halogens is 1. The quantitative estimate of drug-likeness (QED) is 0.0842. The van der Waals surface area contributed by atoms with Gasteiger partial charge in [-0.25, -0.2) is 19.3 Å². The number of nitrogens with zero attached hydrogens (tertiary/aromatic N) is 6. The van der Waals surface area contributed by atoms with Crippen LogP contribution in [-0.2, 0) is 30.3 Å². The van der Waals surface area contributed by atoms with Crippen LogP contribution in [0.15, 0.2) is 40.6 Å². The van der Waals surface area contributed by atoms with Gasteiger partial charge in [-0.1, -0.05) is 0 Å². The number of nitrogens with two attached hydrogens (primary N) is 1. The van der Waals surface area contributed by atoms with Gasteiger partial charge in [-0.2, -0.15) is 4.98 Å². The SMILES string of the molecule is Nc1nc2c(ncn2[C@@H]2O[C@H](CO)[C@@H](O)[C@H]2OP(O)(=S)O/C=C2/O[C@@H](n3cnc4c(=O)[nH]cnc43)[C@@H](F)[C@@H]2O)c(=O)[nH]1. The van der Waals surface area contributed by atoms with E-state index < -0.39 is 73.2 Å². The normalized spacial score (nSPS) is 30.2. The van der Waals surface area contributed by atoms with Gasteiger partial charge in [-0.15, -0.1) is 0 Å². The summed E-state index contributed by atoms with van der Waals surface area (Å²) in [6, 6.07) is 0. The predicted molar refractivity (Wildman–Crippen MR) is 139 cm³/mol. The van der Waals surface area contributed by atoms with E-state index in [2.05, 4.69) is 29.9 Å². The maximum Gasteiger partial charge on any atom is 0.377 e. The van der Waals surface area contributed by atoms with Crippen molar-refractivity contribution in [2.45, 2.75) is 43.0 Å². The molecule has 4 aromatic heterocycles. The minimum Gasteiger partial charge on any atom is -0.465 e. The van der Waals surface area contributed by atoms with E-state index in [9.17, 15) is 29.8 Å². The number of imidazole rings is 2. The molecule has 1 unspecified atom stereocenters. The molecule has 0 spiro atoms.